The lowest BCUT2D eigenvalue weighted by Crippen LogP contribution is -2.36. The summed E-state index contributed by atoms with van der Waals surface area (Å²) in [7, 11) is 0. The van der Waals surface area contributed by atoms with E-state index in [1.165, 1.54) is 12.8 Å². The van der Waals surface area contributed by atoms with Crippen LogP contribution in [-0.2, 0) is 17.6 Å². The van der Waals surface area contributed by atoms with Crippen LogP contribution in [0.25, 0.3) is 11.3 Å². The van der Waals surface area contributed by atoms with Crippen molar-refractivity contribution in [3.8, 4) is 11.3 Å². The molecule has 0 radical (unpaired) electrons. The van der Waals surface area contributed by atoms with Crippen molar-refractivity contribution >= 4 is 27.7 Å². The SMILES string of the molecule is CC1C=C2CC(C)CC(Cc3nc(-c4ccccc4)cnc3NC(=O)Cc3ccc(Br)cc3)(C2)C1. The second-order valence-electron chi connectivity index (χ2n) is 10.6. The number of fused-ring (bicyclic) bond motifs is 2. The average Bonchev–Trinajstić information content (AvgIpc) is 2.81. The van der Waals surface area contributed by atoms with Gasteiger partial charge < -0.3 is 5.32 Å². The summed E-state index contributed by atoms with van der Waals surface area (Å²) in [4.78, 5) is 22.8. The summed E-state index contributed by atoms with van der Waals surface area (Å²) < 4.78 is 1.00. The first-order chi connectivity index (χ1) is 16.9. The van der Waals surface area contributed by atoms with Crippen molar-refractivity contribution in [3.63, 3.8) is 0 Å². The van der Waals surface area contributed by atoms with Crippen LogP contribution in [0.4, 0.5) is 5.82 Å². The largest absolute Gasteiger partial charge is 0.309 e. The standard InChI is InChI=1S/C30H32BrN3O/c1-20-12-23-13-21(2)16-30(15-20,17-23)18-26-29(32-19-27(33-26)24-6-4-3-5-7-24)34-28(35)14-22-8-10-25(31)11-9-22/h3-12,19-21H,13-18H2,1-2H3,(H,32,34,35). The molecule has 180 valence electrons. The monoisotopic (exact) mass is 529 g/mol. The van der Waals surface area contributed by atoms with E-state index in [0.29, 0.717) is 24.1 Å². The van der Waals surface area contributed by atoms with E-state index >= 15 is 0 Å². The van der Waals surface area contributed by atoms with E-state index in [1.54, 1.807) is 11.8 Å². The van der Waals surface area contributed by atoms with E-state index < -0.39 is 0 Å². The third kappa shape index (κ3) is 5.72. The molecule has 0 spiro atoms. The van der Waals surface area contributed by atoms with Gasteiger partial charge in [0.2, 0.25) is 5.91 Å². The van der Waals surface area contributed by atoms with E-state index in [4.69, 9.17) is 9.97 Å². The fraction of sp³-hybridized carbons (Fsp3) is 0.367. The van der Waals surface area contributed by atoms with Gasteiger partial charge in [0.25, 0.3) is 0 Å². The lowest BCUT2D eigenvalue weighted by molar-refractivity contribution is -0.115. The Hall–Kier alpha value is -2.79. The number of hydrogen-bond acceptors (Lipinski definition) is 3. The van der Waals surface area contributed by atoms with E-state index in [-0.39, 0.29) is 11.3 Å². The third-order valence-corrected chi connectivity index (χ3v) is 7.79. The smallest absolute Gasteiger partial charge is 0.229 e. The normalized spacial score (nSPS) is 23.5. The van der Waals surface area contributed by atoms with Gasteiger partial charge in [-0.3, -0.25) is 4.79 Å². The number of nitrogens with zero attached hydrogens (tertiary/aromatic N) is 2. The number of halogens is 1. The van der Waals surface area contributed by atoms with Crippen LogP contribution in [-0.4, -0.2) is 15.9 Å². The Morgan fingerprint density at radius 3 is 2.63 bits per heavy atom. The number of hydrogen-bond donors (Lipinski definition) is 1. The maximum atomic E-state index is 13.0. The molecule has 5 rings (SSSR count). The fourth-order valence-electron chi connectivity index (χ4n) is 6.24. The van der Waals surface area contributed by atoms with Crippen LogP contribution in [0.5, 0.6) is 0 Å². The van der Waals surface area contributed by atoms with Crippen molar-refractivity contribution < 1.29 is 4.79 Å². The number of benzene rings is 2. The van der Waals surface area contributed by atoms with Crippen LogP contribution >= 0.6 is 15.9 Å². The van der Waals surface area contributed by atoms with Crippen molar-refractivity contribution in [1.29, 1.82) is 0 Å². The maximum absolute atomic E-state index is 13.0. The van der Waals surface area contributed by atoms with Crippen molar-refractivity contribution in [2.24, 2.45) is 17.3 Å². The second-order valence-corrected chi connectivity index (χ2v) is 11.6. The van der Waals surface area contributed by atoms with Gasteiger partial charge >= 0.3 is 0 Å². The molecule has 4 nitrogen and oxygen atoms in total. The van der Waals surface area contributed by atoms with E-state index in [0.717, 1.165) is 46.2 Å². The van der Waals surface area contributed by atoms with Gasteiger partial charge in [-0.2, -0.15) is 0 Å². The van der Waals surface area contributed by atoms with E-state index in [1.807, 2.05) is 42.5 Å². The number of carbonyl (C=O) groups excluding carboxylic acids is 1. The summed E-state index contributed by atoms with van der Waals surface area (Å²) in [6, 6.07) is 18.0. The minimum absolute atomic E-state index is 0.0672. The van der Waals surface area contributed by atoms with E-state index in [9.17, 15) is 4.79 Å². The molecule has 3 unspecified atom stereocenters. The summed E-state index contributed by atoms with van der Waals surface area (Å²) in [5, 5.41) is 3.10. The number of amides is 1. The van der Waals surface area contributed by atoms with Gasteiger partial charge in [0.1, 0.15) is 0 Å². The summed E-state index contributed by atoms with van der Waals surface area (Å²) in [6.07, 6.45) is 10.1. The Morgan fingerprint density at radius 1 is 1.09 bits per heavy atom. The van der Waals surface area contributed by atoms with Gasteiger partial charge in [0.15, 0.2) is 5.82 Å². The summed E-state index contributed by atoms with van der Waals surface area (Å²) in [6.45, 7) is 4.70. The number of carbonyl (C=O) groups is 1. The minimum Gasteiger partial charge on any atom is -0.309 e. The zero-order valence-corrected chi connectivity index (χ0v) is 22.0. The highest BCUT2D eigenvalue weighted by Gasteiger charge is 2.41. The molecule has 1 saturated carbocycles. The molecule has 1 fully saturated rings. The van der Waals surface area contributed by atoms with Crippen molar-refractivity contribution in [2.75, 3.05) is 5.32 Å². The highest BCUT2D eigenvalue weighted by molar-refractivity contribution is 9.10. The molecule has 1 aromatic heterocycles. The van der Waals surface area contributed by atoms with Crippen LogP contribution < -0.4 is 5.32 Å². The summed E-state index contributed by atoms with van der Waals surface area (Å²) in [5.74, 6) is 1.78. The van der Waals surface area contributed by atoms with Crippen LogP contribution in [0.1, 0.15) is 50.8 Å². The van der Waals surface area contributed by atoms with Crippen molar-refractivity contribution in [1.82, 2.24) is 9.97 Å². The predicted molar refractivity (Wildman–Crippen MR) is 145 cm³/mol. The molecule has 1 amide bonds. The molecule has 1 heterocycles. The molecule has 0 aliphatic heterocycles. The average molecular weight is 531 g/mol. The first-order valence-corrected chi connectivity index (χ1v) is 13.3. The molecule has 2 aliphatic rings. The highest BCUT2D eigenvalue weighted by Crippen LogP contribution is 2.52. The van der Waals surface area contributed by atoms with Gasteiger partial charge in [0.05, 0.1) is 24.0 Å². The first-order valence-electron chi connectivity index (χ1n) is 12.5. The Morgan fingerprint density at radius 2 is 1.86 bits per heavy atom. The molecule has 1 N–H and O–H groups in total. The first kappa shape index (κ1) is 23.9. The molecule has 0 saturated heterocycles. The Bertz CT molecular complexity index is 1240. The number of aromatic nitrogens is 2. The van der Waals surface area contributed by atoms with Crippen molar-refractivity contribution in [2.45, 2.75) is 52.4 Å². The Labute approximate surface area is 216 Å². The molecule has 3 aromatic rings. The topological polar surface area (TPSA) is 54.9 Å². The molecule has 5 heteroatoms. The fourth-order valence-corrected chi connectivity index (χ4v) is 6.51. The second kappa shape index (κ2) is 10.1. The van der Waals surface area contributed by atoms with Gasteiger partial charge in [-0.15, -0.1) is 0 Å². The maximum Gasteiger partial charge on any atom is 0.229 e. The van der Waals surface area contributed by atoms with Gasteiger partial charge in [-0.25, -0.2) is 9.97 Å². The number of rotatable bonds is 6. The molecule has 3 atom stereocenters. The summed E-state index contributed by atoms with van der Waals surface area (Å²) >= 11 is 3.45. The molecule has 2 aliphatic carbocycles. The lowest BCUT2D eigenvalue weighted by atomic mass is 9.59. The minimum atomic E-state index is -0.0672. The third-order valence-electron chi connectivity index (χ3n) is 7.26. The highest BCUT2D eigenvalue weighted by atomic mass is 79.9. The molecule has 2 bridgehead atoms. The lowest BCUT2D eigenvalue weighted by Gasteiger charge is -2.46. The molecular formula is C30H32BrN3O. The number of anilines is 1. The number of allylic oxidation sites excluding steroid dienone is 2. The van der Waals surface area contributed by atoms with Crippen LogP contribution in [0, 0.1) is 17.3 Å². The zero-order valence-electron chi connectivity index (χ0n) is 20.4. The van der Waals surface area contributed by atoms with Crippen LogP contribution in [0.15, 0.2) is 76.9 Å². The Balaban J connectivity index is 1.45. The quantitative estimate of drug-likeness (QED) is 0.338. The molecular weight excluding hydrogens is 498 g/mol. The van der Waals surface area contributed by atoms with Gasteiger partial charge in [0, 0.05) is 10.0 Å². The number of nitrogens with one attached hydrogen (secondary N) is 1. The predicted octanol–water partition coefficient (Wildman–Crippen LogP) is 7.40. The van der Waals surface area contributed by atoms with Gasteiger partial charge in [-0.1, -0.05) is 83.9 Å². The zero-order chi connectivity index (χ0) is 24.4. The van der Waals surface area contributed by atoms with E-state index in [2.05, 4.69) is 53.3 Å². The summed E-state index contributed by atoms with van der Waals surface area (Å²) in [5.41, 5.74) is 5.54. The molecule has 2 aromatic carbocycles. The van der Waals surface area contributed by atoms with Crippen LogP contribution in [0.3, 0.4) is 0 Å². The Kier molecular flexibility index (Phi) is 6.88. The van der Waals surface area contributed by atoms with Crippen LogP contribution in [0.2, 0.25) is 0 Å². The van der Waals surface area contributed by atoms with Crippen molar-refractivity contribution in [3.05, 3.63) is 88.2 Å². The molecule has 35 heavy (non-hydrogen) atoms. The van der Waals surface area contributed by atoms with Gasteiger partial charge in [-0.05, 0) is 67.1 Å².